The standard InChI is InChI=1S/C21H23N3O2/c1-4-18(25)23-19(15-7-10-16(11-8-15)24(2)3)17-12-9-14-6-5-13-22-20(14)21(17)26/h5-13,19,26H,4H2,1-3H3,(H,23,25)/t19-/m1/s1. The van der Waals surface area contributed by atoms with E-state index in [0.717, 1.165) is 16.6 Å². The van der Waals surface area contributed by atoms with Crippen molar-refractivity contribution in [3.05, 3.63) is 65.9 Å². The van der Waals surface area contributed by atoms with Crippen molar-refractivity contribution in [2.24, 2.45) is 0 Å². The fraction of sp³-hybridized carbons (Fsp3) is 0.238. The van der Waals surface area contributed by atoms with E-state index in [1.165, 1.54) is 0 Å². The van der Waals surface area contributed by atoms with Gasteiger partial charge in [-0.2, -0.15) is 0 Å². The molecular formula is C21H23N3O2. The molecule has 1 aromatic heterocycles. The Hall–Kier alpha value is -3.08. The number of benzene rings is 2. The summed E-state index contributed by atoms with van der Waals surface area (Å²) in [6, 6.07) is 15.0. The average Bonchev–Trinajstić information content (AvgIpc) is 2.67. The van der Waals surface area contributed by atoms with E-state index < -0.39 is 6.04 Å². The van der Waals surface area contributed by atoms with Crippen LogP contribution in [-0.2, 0) is 4.79 Å². The quantitative estimate of drug-likeness (QED) is 0.738. The third-order valence-corrected chi connectivity index (χ3v) is 4.46. The van der Waals surface area contributed by atoms with Crippen LogP contribution in [0.1, 0.15) is 30.5 Å². The summed E-state index contributed by atoms with van der Waals surface area (Å²) in [5, 5.41) is 14.7. The van der Waals surface area contributed by atoms with Crippen molar-refractivity contribution in [3.63, 3.8) is 0 Å². The highest BCUT2D eigenvalue weighted by Gasteiger charge is 2.21. The average molecular weight is 349 g/mol. The molecule has 5 heteroatoms. The van der Waals surface area contributed by atoms with Crippen LogP contribution in [0.3, 0.4) is 0 Å². The van der Waals surface area contributed by atoms with E-state index in [1.807, 2.05) is 74.4 Å². The number of hydrogen-bond donors (Lipinski definition) is 2. The number of nitrogens with one attached hydrogen (secondary N) is 1. The van der Waals surface area contributed by atoms with Gasteiger partial charge in [-0.05, 0) is 23.8 Å². The predicted octanol–water partition coefficient (Wildman–Crippen LogP) is 3.62. The SMILES string of the molecule is CCC(=O)N[C@H](c1ccc(N(C)C)cc1)c1ccc2cccnc2c1O. The first kappa shape index (κ1) is 17.7. The molecular weight excluding hydrogens is 326 g/mol. The Morgan fingerprint density at radius 2 is 1.88 bits per heavy atom. The Labute approximate surface area is 153 Å². The number of amides is 1. The Bertz CT molecular complexity index is 920. The topological polar surface area (TPSA) is 65.5 Å². The first-order valence-electron chi connectivity index (χ1n) is 8.64. The molecule has 0 aliphatic carbocycles. The van der Waals surface area contributed by atoms with Crippen LogP contribution in [0.15, 0.2) is 54.7 Å². The monoisotopic (exact) mass is 349 g/mol. The molecule has 0 spiro atoms. The third-order valence-electron chi connectivity index (χ3n) is 4.46. The number of rotatable bonds is 5. The van der Waals surface area contributed by atoms with Gasteiger partial charge in [0, 0.05) is 43.4 Å². The highest BCUT2D eigenvalue weighted by atomic mass is 16.3. The van der Waals surface area contributed by atoms with Gasteiger partial charge < -0.3 is 15.3 Å². The Balaban J connectivity index is 2.09. The fourth-order valence-corrected chi connectivity index (χ4v) is 2.95. The van der Waals surface area contributed by atoms with Gasteiger partial charge in [0.25, 0.3) is 0 Å². The molecule has 0 aliphatic heterocycles. The molecule has 3 aromatic rings. The minimum Gasteiger partial charge on any atom is -0.505 e. The van der Waals surface area contributed by atoms with Crippen LogP contribution in [0, 0.1) is 0 Å². The molecule has 3 rings (SSSR count). The minimum atomic E-state index is -0.440. The first-order chi connectivity index (χ1) is 12.5. The van der Waals surface area contributed by atoms with Crippen molar-refractivity contribution in [3.8, 4) is 5.75 Å². The molecule has 0 fully saturated rings. The molecule has 0 aliphatic rings. The normalized spacial score (nSPS) is 12.0. The van der Waals surface area contributed by atoms with Gasteiger partial charge in [0.1, 0.15) is 11.3 Å². The van der Waals surface area contributed by atoms with E-state index in [0.29, 0.717) is 17.5 Å². The van der Waals surface area contributed by atoms with Crippen LogP contribution in [0.4, 0.5) is 5.69 Å². The van der Waals surface area contributed by atoms with Crippen molar-refractivity contribution in [1.82, 2.24) is 10.3 Å². The van der Waals surface area contributed by atoms with Crippen LogP contribution < -0.4 is 10.2 Å². The van der Waals surface area contributed by atoms with Crippen LogP contribution in [0.5, 0.6) is 5.75 Å². The van der Waals surface area contributed by atoms with E-state index in [2.05, 4.69) is 10.3 Å². The van der Waals surface area contributed by atoms with Gasteiger partial charge in [-0.1, -0.05) is 37.3 Å². The van der Waals surface area contributed by atoms with Crippen molar-refractivity contribution in [2.75, 3.05) is 19.0 Å². The van der Waals surface area contributed by atoms with Gasteiger partial charge in [-0.25, -0.2) is 0 Å². The van der Waals surface area contributed by atoms with Crippen LogP contribution in [-0.4, -0.2) is 30.1 Å². The van der Waals surface area contributed by atoms with E-state index in [9.17, 15) is 9.90 Å². The molecule has 1 heterocycles. The Morgan fingerprint density at radius 3 is 2.54 bits per heavy atom. The lowest BCUT2D eigenvalue weighted by atomic mass is 9.96. The third kappa shape index (κ3) is 3.47. The van der Waals surface area contributed by atoms with Gasteiger partial charge in [-0.3, -0.25) is 9.78 Å². The Kier molecular flexibility index (Phi) is 5.07. The molecule has 26 heavy (non-hydrogen) atoms. The number of nitrogens with zero attached hydrogens (tertiary/aromatic N) is 2. The Morgan fingerprint density at radius 1 is 1.15 bits per heavy atom. The number of carbonyl (C=O) groups is 1. The van der Waals surface area contributed by atoms with Gasteiger partial charge in [-0.15, -0.1) is 0 Å². The number of phenolic OH excluding ortho intramolecular Hbond substituents is 1. The molecule has 134 valence electrons. The summed E-state index contributed by atoms with van der Waals surface area (Å²) >= 11 is 0. The number of fused-ring (bicyclic) bond motifs is 1. The van der Waals surface area contributed by atoms with E-state index in [1.54, 1.807) is 6.20 Å². The number of aromatic hydroxyl groups is 1. The van der Waals surface area contributed by atoms with Crippen LogP contribution in [0.2, 0.25) is 0 Å². The van der Waals surface area contributed by atoms with E-state index in [4.69, 9.17) is 0 Å². The second kappa shape index (κ2) is 7.44. The highest BCUT2D eigenvalue weighted by molar-refractivity contribution is 5.86. The van der Waals surface area contributed by atoms with Gasteiger partial charge in [0.2, 0.25) is 5.91 Å². The summed E-state index contributed by atoms with van der Waals surface area (Å²) in [6.07, 6.45) is 2.02. The largest absolute Gasteiger partial charge is 0.505 e. The zero-order valence-electron chi connectivity index (χ0n) is 15.2. The predicted molar refractivity (Wildman–Crippen MR) is 104 cm³/mol. The highest BCUT2D eigenvalue weighted by Crippen LogP contribution is 2.34. The summed E-state index contributed by atoms with van der Waals surface area (Å²) in [5.41, 5.74) is 3.14. The molecule has 0 saturated heterocycles. The fourth-order valence-electron chi connectivity index (χ4n) is 2.95. The molecule has 5 nitrogen and oxygen atoms in total. The minimum absolute atomic E-state index is 0.0767. The number of phenols is 1. The zero-order chi connectivity index (χ0) is 18.7. The van der Waals surface area contributed by atoms with Crippen molar-refractivity contribution in [2.45, 2.75) is 19.4 Å². The number of carbonyl (C=O) groups excluding carboxylic acids is 1. The molecule has 2 aromatic carbocycles. The molecule has 1 amide bonds. The van der Waals surface area contributed by atoms with E-state index in [-0.39, 0.29) is 11.7 Å². The molecule has 0 unspecified atom stereocenters. The lowest BCUT2D eigenvalue weighted by Crippen LogP contribution is -2.28. The first-order valence-corrected chi connectivity index (χ1v) is 8.64. The lowest BCUT2D eigenvalue weighted by molar-refractivity contribution is -0.121. The van der Waals surface area contributed by atoms with Crippen molar-refractivity contribution in [1.29, 1.82) is 0 Å². The molecule has 1 atom stereocenters. The van der Waals surface area contributed by atoms with E-state index >= 15 is 0 Å². The summed E-state index contributed by atoms with van der Waals surface area (Å²) in [6.45, 7) is 1.81. The van der Waals surface area contributed by atoms with Crippen molar-refractivity contribution < 1.29 is 9.90 Å². The number of anilines is 1. The van der Waals surface area contributed by atoms with Crippen molar-refractivity contribution >= 4 is 22.5 Å². The summed E-state index contributed by atoms with van der Waals surface area (Å²) in [7, 11) is 3.96. The number of pyridine rings is 1. The molecule has 0 radical (unpaired) electrons. The van der Waals surface area contributed by atoms with Gasteiger partial charge in [0.05, 0.1) is 6.04 Å². The summed E-state index contributed by atoms with van der Waals surface area (Å²) in [5.74, 6) is 0.0217. The molecule has 2 N–H and O–H groups in total. The van der Waals surface area contributed by atoms with Gasteiger partial charge in [0.15, 0.2) is 0 Å². The van der Waals surface area contributed by atoms with Gasteiger partial charge >= 0.3 is 0 Å². The summed E-state index contributed by atoms with van der Waals surface area (Å²) in [4.78, 5) is 18.4. The van der Waals surface area contributed by atoms with Crippen LogP contribution in [0.25, 0.3) is 10.9 Å². The maximum atomic E-state index is 12.1. The molecule has 0 saturated carbocycles. The second-order valence-electron chi connectivity index (χ2n) is 6.42. The second-order valence-corrected chi connectivity index (χ2v) is 6.42. The maximum absolute atomic E-state index is 12.1. The maximum Gasteiger partial charge on any atom is 0.220 e. The number of hydrogen-bond acceptors (Lipinski definition) is 4. The smallest absolute Gasteiger partial charge is 0.220 e. The lowest BCUT2D eigenvalue weighted by Gasteiger charge is -2.22. The van der Waals surface area contributed by atoms with Crippen LogP contribution >= 0.6 is 0 Å². The zero-order valence-corrected chi connectivity index (χ0v) is 15.2. The summed E-state index contributed by atoms with van der Waals surface area (Å²) < 4.78 is 0. The molecule has 0 bridgehead atoms. The number of aromatic nitrogens is 1.